The molecule has 1 N–H and O–H groups in total. The Hall–Kier alpha value is -2.66. The van der Waals surface area contributed by atoms with E-state index in [4.69, 9.17) is 0 Å². The van der Waals surface area contributed by atoms with E-state index in [0.717, 1.165) is 41.2 Å². The SMILES string of the molecule is O=CC[C@@H](NCCc1cccc2ccccc12)c1cccc(C(F)(F)F)c1. The second-order valence-corrected chi connectivity index (χ2v) is 6.42. The van der Waals surface area contributed by atoms with E-state index in [2.05, 4.69) is 11.4 Å². The van der Waals surface area contributed by atoms with Crippen molar-refractivity contribution in [1.82, 2.24) is 5.32 Å². The number of nitrogens with one attached hydrogen (secondary N) is 1. The van der Waals surface area contributed by atoms with E-state index in [9.17, 15) is 18.0 Å². The van der Waals surface area contributed by atoms with Crippen LogP contribution in [-0.2, 0) is 17.4 Å². The van der Waals surface area contributed by atoms with E-state index in [0.29, 0.717) is 12.1 Å². The van der Waals surface area contributed by atoms with Gasteiger partial charge >= 0.3 is 6.18 Å². The summed E-state index contributed by atoms with van der Waals surface area (Å²) in [7, 11) is 0. The molecule has 3 aromatic carbocycles. The molecule has 0 aliphatic heterocycles. The van der Waals surface area contributed by atoms with Crippen LogP contribution in [0.3, 0.4) is 0 Å². The Morgan fingerprint density at radius 1 is 0.963 bits per heavy atom. The van der Waals surface area contributed by atoms with Crippen molar-refractivity contribution in [3.8, 4) is 0 Å². The number of halogens is 3. The van der Waals surface area contributed by atoms with Gasteiger partial charge in [-0.05, 0) is 47.0 Å². The highest BCUT2D eigenvalue weighted by Gasteiger charge is 2.30. The van der Waals surface area contributed by atoms with Crippen molar-refractivity contribution in [1.29, 1.82) is 0 Å². The number of fused-ring (bicyclic) bond motifs is 1. The van der Waals surface area contributed by atoms with Gasteiger partial charge in [0.15, 0.2) is 0 Å². The van der Waals surface area contributed by atoms with Crippen LogP contribution in [0.5, 0.6) is 0 Å². The van der Waals surface area contributed by atoms with Gasteiger partial charge in [0, 0.05) is 12.5 Å². The van der Waals surface area contributed by atoms with Gasteiger partial charge in [-0.15, -0.1) is 0 Å². The monoisotopic (exact) mass is 371 g/mol. The lowest BCUT2D eigenvalue weighted by atomic mass is 10.00. The van der Waals surface area contributed by atoms with E-state index in [1.807, 2.05) is 36.4 Å². The van der Waals surface area contributed by atoms with Crippen LogP contribution in [0.2, 0.25) is 0 Å². The predicted molar refractivity (Wildman–Crippen MR) is 101 cm³/mol. The van der Waals surface area contributed by atoms with Crippen molar-refractivity contribution < 1.29 is 18.0 Å². The van der Waals surface area contributed by atoms with E-state index in [1.165, 1.54) is 6.07 Å². The van der Waals surface area contributed by atoms with Gasteiger partial charge in [0.1, 0.15) is 6.29 Å². The molecule has 3 rings (SSSR count). The third-order valence-corrected chi connectivity index (χ3v) is 4.61. The molecule has 0 saturated carbocycles. The van der Waals surface area contributed by atoms with Crippen molar-refractivity contribution in [3.05, 3.63) is 83.4 Å². The Morgan fingerprint density at radius 2 is 1.70 bits per heavy atom. The molecule has 5 heteroatoms. The maximum atomic E-state index is 12.9. The minimum Gasteiger partial charge on any atom is -0.309 e. The molecule has 0 spiro atoms. The number of hydrogen-bond acceptors (Lipinski definition) is 2. The predicted octanol–water partition coefficient (Wildman–Crippen LogP) is 5.32. The van der Waals surface area contributed by atoms with Crippen molar-refractivity contribution in [2.75, 3.05) is 6.54 Å². The number of rotatable bonds is 7. The molecule has 2 nitrogen and oxygen atoms in total. The van der Waals surface area contributed by atoms with Crippen molar-refractivity contribution in [2.24, 2.45) is 0 Å². The molecule has 0 fully saturated rings. The fourth-order valence-corrected chi connectivity index (χ4v) is 3.26. The molecule has 0 heterocycles. The van der Waals surface area contributed by atoms with Gasteiger partial charge in [-0.3, -0.25) is 0 Å². The van der Waals surface area contributed by atoms with Gasteiger partial charge in [-0.1, -0.05) is 54.6 Å². The number of aldehydes is 1. The first-order valence-electron chi connectivity index (χ1n) is 8.80. The third kappa shape index (κ3) is 4.74. The molecule has 0 aliphatic rings. The highest BCUT2D eigenvalue weighted by atomic mass is 19.4. The average molecular weight is 371 g/mol. The Bertz CT molecular complexity index is 915. The van der Waals surface area contributed by atoms with Gasteiger partial charge in [0.25, 0.3) is 0 Å². The minimum atomic E-state index is -4.40. The van der Waals surface area contributed by atoms with Crippen LogP contribution in [0.25, 0.3) is 10.8 Å². The van der Waals surface area contributed by atoms with E-state index in [-0.39, 0.29) is 6.42 Å². The van der Waals surface area contributed by atoms with Crippen LogP contribution in [0.4, 0.5) is 13.2 Å². The van der Waals surface area contributed by atoms with Crippen LogP contribution in [0.1, 0.15) is 29.2 Å². The summed E-state index contributed by atoms with van der Waals surface area (Å²) in [6.45, 7) is 0.558. The molecule has 0 amide bonds. The standard InChI is InChI=1S/C22H20F3NO/c23-22(24,25)19-9-4-8-18(15-19)21(12-14-27)26-13-11-17-7-3-6-16-5-1-2-10-20(16)17/h1-10,14-15,21,26H,11-13H2/t21-/m1/s1. The van der Waals surface area contributed by atoms with Crippen LogP contribution < -0.4 is 5.32 Å². The topological polar surface area (TPSA) is 29.1 Å². The molecule has 0 saturated heterocycles. The molecular weight excluding hydrogens is 351 g/mol. The fraction of sp³-hybridized carbons (Fsp3) is 0.227. The molecule has 0 aliphatic carbocycles. The van der Waals surface area contributed by atoms with Crippen molar-refractivity contribution in [3.63, 3.8) is 0 Å². The third-order valence-electron chi connectivity index (χ3n) is 4.61. The minimum absolute atomic E-state index is 0.122. The van der Waals surface area contributed by atoms with Gasteiger partial charge < -0.3 is 10.1 Å². The Kier molecular flexibility index (Phi) is 5.91. The molecule has 27 heavy (non-hydrogen) atoms. The summed E-state index contributed by atoms with van der Waals surface area (Å²) in [6, 6.07) is 18.9. The zero-order valence-corrected chi connectivity index (χ0v) is 14.7. The van der Waals surface area contributed by atoms with Gasteiger partial charge in [0.05, 0.1) is 5.56 Å². The fourth-order valence-electron chi connectivity index (χ4n) is 3.26. The molecular formula is C22H20F3NO. The summed E-state index contributed by atoms with van der Waals surface area (Å²) < 4.78 is 38.8. The number of benzene rings is 3. The van der Waals surface area contributed by atoms with Crippen LogP contribution in [0.15, 0.2) is 66.7 Å². The Balaban J connectivity index is 1.73. The molecule has 0 radical (unpaired) electrons. The lowest BCUT2D eigenvalue weighted by Gasteiger charge is -2.19. The summed E-state index contributed by atoms with van der Waals surface area (Å²) in [5.74, 6) is 0. The smallest absolute Gasteiger partial charge is 0.309 e. The first-order chi connectivity index (χ1) is 13.0. The van der Waals surface area contributed by atoms with Crippen molar-refractivity contribution >= 4 is 17.1 Å². The largest absolute Gasteiger partial charge is 0.416 e. The Labute approximate surface area is 156 Å². The van der Waals surface area contributed by atoms with Crippen LogP contribution in [0, 0.1) is 0 Å². The lowest BCUT2D eigenvalue weighted by molar-refractivity contribution is -0.137. The number of hydrogen-bond donors (Lipinski definition) is 1. The molecule has 0 bridgehead atoms. The molecule has 0 aromatic heterocycles. The second-order valence-electron chi connectivity index (χ2n) is 6.42. The summed E-state index contributed by atoms with van der Waals surface area (Å²) in [5, 5.41) is 5.54. The summed E-state index contributed by atoms with van der Waals surface area (Å²) >= 11 is 0. The normalized spacial score (nSPS) is 12.9. The van der Waals surface area contributed by atoms with Crippen LogP contribution >= 0.6 is 0 Å². The molecule has 3 aromatic rings. The maximum Gasteiger partial charge on any atom is 0.416 e. The molecule has 1 atom stereocenters. The average Bonchev–Trinajstić information content (AvgIpc) is 2.67. The van der Waals surface area contributed by atoms with Crippen molar-refractivity contribution in [2.45, 2.75) is 25.1 Å². The van der Waals surface area contributed by atoms with Gasteiger partial charge in [-0.25, -0.2) is 0 Å². The zero-order valence-electron chi connectivity index (χ0n) is 14.7. The first-order valence-corrected chi connectivity index (χ1v) is 8.80. The Morgan fingerprint density at radius 3 is 2.48 bits per heavy atom. The summed E-state index contributed by atoms with van der Waals surface area (Å²) in [6.07, 6.45) is -2.83. The molecule has 140 valence electrons. The summed E-state index contributed by atoms with van der Waals surface area (Å²) in [4.78, 5) is 11.0. The zero-order chi connectivity index (χ0) is 19.3. The first kappa shape index (κ1) is 19.1. The summed E-state index contributed by atoms with van der Waals surface area (Å²) in [5.41, 5.74) is 0.927. The van der Waals surface area contributed by atoms with Gasteiger partial charge in [0.2, 0.25) is 0 Å². The second kappa shape index (κ2) is 8.35. The quantitative estimate of drug-likeness (QED) is 0.570. The lowest BCUT2D eigenvalue weighted by Crippen LogP contribution is -2.24. The number of alkyl halides is 3. The van der Waals surface area contributed by atoms with E-state index >= 15 is 0 Å². The molecule has 0 unspecified atom stereocenters. The maximum absolute atomic E-state index is 12.9. The van der Waals surface area contributed by atoms with Gasteiger partial charge in [-0.2, -0.15) is 13.2 Å². The van der Waals surface area contributed by atoms with E-state index < -0.39 is 17.8 Å². The highest BCUT2D eigenvalue weighted by molar-refractivity contribution is 5.85. The number of carbonyl (C=O) groups is 1. The van der Waals surface area contributed by atoms with Crippen LogP contribution in [-0.4, -0.2) is 12.8 Å². The van der Waals surface area contributed by atoms with E-state index in [1.54, 1.807) is 6.07 Å². The number of carbonyl (C=O) groups excluding carboxylic acids is 1. The highest BCUT2D eigenvalue weighted by Crippen LogP contribution is 2.31.